The van der Waals surface area contributed by atoms with Crippen LogP contribution in [0.2, 0.25) is 0 Å². The molecule has 0 radical (unpaired) electrons. The van der Waals surface area contributed by atoms with Crippen LogP contribution in [-0.4, -0.2) is 13.5 Å². The summed E-state index contributed by atoms with van der Waals surface area (Å²) in [6, 6.07) is 2.16. The molecule has 0 fully saturated rings. The molecule has 0 spiro atoms. The molecule has 1 aromatic carbocycles. The lowest BCUT2D eigenvalue weighted by Crippen LogP contribution is -2.20. The second-order valence-corrected chi connectivity index (χ2v) is 3.54. The van der Waals surface area contributed by atoms with Gasteiger partial charge in [-0.25, -0.2) is 8.78 Å². The maximum Gasteiger partial charge on any atom is 0.257 e. The lowest BCUT2D eigenvalue weighted by atomic mass is 9.99. The van der Waals surface area contributed by atoms with Crippen LogP contribution in [-0.2, 0) is 0 Å². The average Bonchev–Trinajstić information content (AvgIpc) is 2.19. The number of aryl methyl sites for hydroxylation is 2. The van der Waals surface area contributed by atoms with E-state index in [1.807, 2.05) is 0 Å². The van der Waals surface area contributed by atoms with Crippen molar-refractivity contribution >= 4 is 0 Å². The highest BCUT2D eigenvalue weighted by atomic mass is 19.3. The number of rotatable bonds is 3. The van der Waals surface area contributed by atoms with Crippen LogP contribution in [0, 0.1) is 13.8 Å². The van der Waals surface area contributed by atoms with Gasteiger partial charge in [0.1, 0.15) is 5.75 Å². The molecular formula is C11H15F2NO. The molecule has 1 aromatic rings. The van der Waals surface area contributed by atoms with Crippen LogP contribution < -0.4 is 10.5 Å². The van der Waals surface area contributed by atoms with E-state index in [4.69, 9.17) is 10.5 Å². The predicted molar refractivity (Wildman–Crippen MR) is 55.4 cm³/mol. The van der Waals surface area contributed by atoms with Crippen LogP contribution in [0.1, 0.15) is 22.7 Å². The van der Waals surface area contributed by atoms with E-state index in [0.29, 0.717) is 11.3 Å². The van der Waals surface area contributed by atoms with Gasteiger partial charge in [-0.3, -0.25) is 0 Å². The summed E-state index contributed by atoms with van der Waals surface area (Å²) in [7, 11) is 1.55. The number of nitrogens with two attached hydrogens (primary N) is 1. The van der Waals surface area contributed by atoms with Gasteiger partial charge in [-0.2, -0.15) is 0 Å². The molecule has 0 aliphatic heterocycles. The second kappa shape index (κ2) is 4.57. The Morgan fingerprint density at radius 3 is 2.27 bits per heavy atom. The van der Waals surface area contributed by atoms with E-state index in [-0.39, 0.29) is 0 Å². The average molecular weight is 215 g/mol. The number of halogens is 2. The van der Waals surface area contributed by atoms with Crippen LogP contribution in [0.25, 0.3) is 0 Å². The summed E-state index contributed by atoms with van der Waals surface area (Å²) < 4.78 is 30.0. The Kier molecular flexibility index (Phi) is 3.63. The Morgan fingerprint density at radius 2 is 1.80 bits per heavy atom. The highest BCUT2D eigenvalue weighted by molar-refractivity contribution is 5.42. The molecule has 84 valence electrons. The third-order valence-corrected chi connectivity index (χ3v) is 2.41. The van der Waals surface area contributed by atoms with E-state index in [1.54, 1.807) is 33.1 Å². The normalized spacial score (nSPS) is 13.0. The summed E-state index contributed by atoms with van der Waals surface area (Å²) in [6.07, 6.45) is -2.54. The number of hydrogen-bond donors (Lipinski definition) is 1. The number of ether oxygens (including phenoxy) is 1. The predicted octanol–water partition coefficient (Wildman–Crippen LogP) is 2.58. The van der Waals surface area contributed by atoms with Crippen LogP contribution in [0.15, 0.2) is 12.1 Å². The Morgan fingerprint density at radius 1 is 1.20 bits per heavy atom. The first-order chi connectivity index (χ1) is 6.97. The molecule has 4 heteroatoms. The van der Waals surface area contributed by atoms with Crippen molar-refractivity contribution < 1.29 is 13.5 Å². The zero-order valence-electron chi connectivity index (χ0n) is 9.05. The Labute approximate surface area is 88.0 Å². The van der Waals surface area contributed by atoms with Crippen molar-refractivity contribution in [3.63, 3.8) is 0 Å². The molecule has 1 atom stereocenters. The smallest absolute Gasteiger partial charge is 0.257 e. The molecule has 0 aliphatic carbocycles. The van der Waals surface area contributed by atoms with Gasteiger partial charge < -0.3 is 10.5 Å². The van der Waals surface area contributed by atoms with Crippen molar-refractivity contribution in [3.05, 3.63) is 28.8 Å². The van der Waals surface area contributed by atoms with Gasteiger partial charge in [-0.15, -0.1) is 0 Å². The molecule has 0 saturated carbocycles. The molecular weight excluding hydrogens is 200 g/mol. The van der Waals surface area contributed by atoms with Gasteiger partial charge >= 0.3 is 0 Å². The Balaban J connectivity index is 3.15. The van der Waals surface area contributed by atoms with Gasteiger partial charge in [0.05, 0.1) is 13.2 Å². The highest BCUT2D eigenvalue weighted by Gasteiger charge is 2.20. The SMILES string of the molecule is COc1cc(C)c(C(N)C(F)F)cc1C. The molecule has 1 unspecified atom stereocenters. The topological polar surface area (TPSA) is 35.2 Å². The minimum atomic E-state index is -2.54. The standard InChI is InChI=1S/C11H15F2NO/c1-6-5-9(15-3)7(2)4-8(6)10(14)11(12)13/h4-5,10-11H,14H2,1-3H3. The van der Waals surface area contributed by atoms with Crippen molar-refractivity contribution in [2.24, 2.45) is 5.73 Å². The molecule has 0 heterocycles. The molecule has 0 amide bonds. The first-order valence-corrected chi connectivity index (χ1v) is 4.66. The summed E-state index contributed by atoms with van der Waals surface area (Å²) in [5.74, 6) is 0.692. The molecule has 0 aromatic heterocycles. The van der Waals surface area contributed by atoms with E-state index in [0.717, 1.165) is 11.1 Å². The van der Waals surface area contributed by atoms with Gasteiger partial charge in [0, 0.05) is 0 Å². The fraction of sp³-hybridized carbons (Fsp3) is 0.455. The van der Waals surface area contributed by atoms with Gasteiger partial charge in [-0.05, 0) is 36.6 Å². The second-order valence-electron chi connectivity index (χ2n) is 3.54. The van der Waals surface area contributed by atoms with Crippen molar-refractivity contribution in [2.75, 3.05) is 7.11 Å². The monoisotopic (exact) mass is 215 g/mol. The largest absolute Gasteiger partial charge is 0.496 e. The first kappa shape index (κ1) is 11.9. The van der Waals surface area contributed by atoms with E-state index in [2.05, 4.69) is 0 Å². The van der Waals surface area contributed by atoms with Crippen LogP contribution >= 0.6 is 0 Å². The zero-order chi connectivity index (χ0) is 11.6. The van der Waals surface area contributed by atoms with E-state index in [9.17, 15) is 8.78 Å². The Hall–Kier alpha value is -1.16. The van der Waals surface area contributed by atoms with Crippen LogP contribution in [0.5, 0.6) is 5.75 Å². The summed E-state index contributed by atoms with van der Waals surface area (Å²) in [5, 5.41) is 0. The fourth-order valence-corrected chi connectivity index (χ4v) is 1.53. The summed E-state index contributed by atoms with van der Waals surface area (Å²) in [5.41, 5.74) is 7.42. The van der Waals surface area contributed by atoms with Crippen molar-refractivity contribution in [1.29, 1.82) is 0 Å². The molecule has 2 N–H and O–H groups in total. The zero-order valence-corrected chi connectivity index (χ0v) is 9.05. The fourth-order valence-electron chi connectivity index (χ4n) is 1.53. The van der Waals surface area contributed by atoms with E-state index in [1.165, 1.54) is 0 Å². The molecule has 0 saturated heterocycles. The first-order valence-electron chi connectivity index (χ1n) is 4.66. The minimum absolute atomic E-state index is 0.475. The van der Waals surface area contributed by atoms with E-state index < -0.39 is 12.5 Å². The maximum atomic E-state index is 12.5. The highest BCUT2D eigenvalue weighted by Crippen LogP contribution is 2.28. The quantitative estimate of drug-likeness (QED) is 0.841. The van der Waals surface area contributed by atoms with Gasteiger partial charge in [0.25, 0.3) is 6.43 Å². The van der Waals surface area contributed by atoms with Gasteiger partial charge in [-0.1, -0.05) is 6.07 Å². The third kappa shape index (κ3) is 2.45. The molecule has 2 nitrogen and oxygen atoms in total. The lowest BCUT2D eigenvalue weighted by molar-refractivity contribution is 0.116. The van der Waals surface area contributed by atoms with Gasteiger partial charge in [0.15, 0.2) is 0 Å². The summed E-state index contributed by atoms with van der Waals surface area (Å²) >= 11 is 0. The molecule has 15 heavy (non-hydrogen) atoms. The molecule has 1 rings (SSSR count). The van der Waals surface area contributed by atoms with Crippen LogP contribution in [0.3, 0.4) is 0 Å². The van der Waals surface area contributed by atoms with Gasteiger partial charge in [0.2, 0.25) is 0 Å². The van der Waals surface area contributed by atoms with Crippen molar-refractivity contribution in [1.82, 2.24) is 0 Å². The summed E-state index contributed by atoms with van der Waals surface area (Å²) in [4.78, 5) is 0. The lowest BCUT2D eigenvalue weighted by Gasteiger charge is -2.16. The minimum Gasteiger partial charge on any atom is -0.496 e. The molecule has 0 bridgehead atoms. The van der Waals surface area contributed by atoms with Crippen molar-refractivity contribution in [3.8, 4) is 5.75 Å². The third-order valence-electron chi connectivity index (χ3n) is 2.41. The maximum absolute atomic E-state index is 12.5. The number of alkyl halides is 2. The summed E-state index contributed by atoms with van der Waals surface area (Å²) in [6.45, 7) is 3.56. The number of benzene rings is 1. The van der Waals surface area contributed by atoms with E-state index >= 15 is 0 Å². The Bertz CT molecular complexity index is 353. The van der Waals surface area contributed by atoms with Crippen molar-refractivity contribution in [2.45, 2.75) is 26.3 Å². The number of methoxy groups -OCH3 is 1. The number of hydrogen-bond acceptors (Lipinski definition) is 2. The van der Waals surface area contributed by atoms with Crippen LogP contribution in [0.4, 0.5) is 8.78 Å². The molecule has 0 aliphatic rings.